The van der Waals surface area contributed by atoms with E-state index < -0.39 is 0 Å². The van der Waals surface area contributed by atoms with E-state index in [9.17, 15) is 0 Å². The fraction of sp³-hybridized carbons (Fsp3) is 0.500. The standard InChI is InChI=1S/C8H10N/c1-2-4-8-7(3-1)5-6-9-8/h2,4,7,9H,3,5-6H2. The summed E-state index contributed by atoms with van der Waals surface area (Å²) in [4.78, 5) is 0. The van der Waals surface area contributed by atoms with Gasteiger partial charge in [0.15, 0.2) is 0 Å². The summed E-state index contributed by atoms with van der Waals surface area (Å²) in [6.07, 6.45) is 9.79. The summed E-state index contributed by atoms with van der Waals surface area (Å²) in [5.74, 6) is 0.773. The predicted octanol–water partition coefficient (Wildman–Crippen LogP) is 1.24. The molecule has 1 aliphatic carbocycles. The van der Waals surface area contributed by atoms with E-state index in [4.69, 9.17) is 0 Å². The molecule has 9 heavy (non-hydrogen) atoms. The molecule has 1 fully saturated rings. The van der Waals surface area contributed by atoms with Crippen LogP contribution in [0.5, 0.6) is 0 Å². The minimum atomic E-state index is 0.773. The van der Waals surface area contributed by atoms with Crippen molar-refractivity contribution in [2.75, 3.05) is 6.54 Å². The number of hydrogen-bond acceptors (Lipinski definition) is 1. The first kappa shape index (κ1) is 5.10. The lowest BCUT2D eigenvalue weighted by molar-refractivity contribution is 0.637. The normalized spacial score (nSPS) is 31.1. The van der Waals surface area contributed by atoms with Crippen molar-refractivity contribution in [1.82, 2.24) is 5.32 Å². The van der Waals surface area contributed by atoms with Crippen molar-refractivity contribution >= 4 is 0 Å². The molecule has 1 aliphatic heterocycles. The Morgan fingerprint density at radius 3 is 3.56 bits per heavy atom. The molecule has 47 valence electrons. The molecule has 0 saturated carbocycles. The fourth-order valence-corrected chi connectivity index (χ4v) is 1.46. The zero-order valence-electron chi connectivity index (χ0n) is 5.35. The van der Waals surface area contributed by atoms with Gasteiger partial charge in [-0.25, -0.2) is 0 Å². The van der Waals surface area contributed by atoms with E-state index >= 15 is 0 Å². The first-order valence-corrected chi connectivity index (χ1v) is 3.47. The van der Waals surface area contributed by atoms with Gasteiger partial charge in [-0.3, -0.25) is 0 Å². The van der Waals surface area contributed by atoms with Crippen LogP contribution in [-0.4, -0.2) is 6.54 Å². The van der Waals surface area contributed by atoms with Gasteiger partial charge in [0.25, 0.3) is 0 Å². The molecule has 2 rings (SSSR count). The van der Waals surface area contributed by atoms with Gasteiger partial charge in [-0.05, 0) is 25.0 Å². The van der Waals surface area contributed by atoms with Gasteiger partial charge in [-0.15, -0.1) is 0 Å². The summed E-state index contributed by atoms with van der Waals surface area (Å²) < 4.78 is 0. The van der Waals surface area contributed by atoms with Gasteiger partial charge in [0, 0.05) is 18.2 Å². The summed E-state index contributed by atoms with van der Waals surface area (Å²) >= 11 is 0. The first-order valence-electron chi connectivity index (χ1n) is 3.47. The van der Waals surface area contributed by atoms with Crippen LogP contribution in [0.3, 0.4) is 0 Å². The van der Waals surface area contributed by atoms with Gasteiger partial charge in [0.05, 0.1) is 0 Å². The van der Waals surface area contributed by atoms with E-state index in [-0.39, 0.29) is 0 Å². The zero-order chi connectivity index (χ0) is 6.10. The maximum absolute atomic E-state index is 3.35. The van der Waals surface area contributed by atoms with Crippen LogP contribution in [-0.2, 0) is 0 Å². The number of rotatable bonds is 0. The van der Waals surface area contributed by atoms with Gasteiger partial charge in [-0.2, -0.15) is 0 Å². The smallest absolute Gasteiger partial charge is 0.0150 e. The largest absolute Gasteiger partial charge is 0.388 e. The lowest BCUT2D eigenvalue weighted by atomic mass is 9.97. The molecule has 0 bridgehead atoms. The van der Waals surface area contributed by atoms with Crippen molar-refractivity contribution < 1.29 is 0 Å². The third-order valence-corrected chi connectivity index (χ3v) is 2.01. The van der Waals surface area contributed by atoms with Crippen molar-refractivity contribution in [2.45, 2.75) is 12.8 Å². The highest BCUT2D eigenvalue weighted by Crippen LogP contribution is 2.25. The summed E-state index contributed by atoms with van der Waals surface area (Å²) in [6, 6.07) is 0. The second-order valence-electron chi connectivity index (χ2n) is 2.61. The van der Waals surface area contributed by atoms with Gasteiger partial charge in [-0.1, -0.05) is 6.08 Å². The van der Waals surface area contributed by atoms with E-state index in [0.717, 1.165) is 18.9 Å². The summed E-state index contributed by atoms with van der Waals surface area (Å²) in [5.41, 5.74) is 1.42. The quantitative estimate of drug-likeness (QED) is 0.507. The average Bonchev–Trinajstić information content (AvgIpc) is 2.33. The van der Waals surface area contributed by atoms with Crippen molar-refractivity contribution in [3.8, 4) is 0 Å². The SMILES string of the molecule is [C]1=CC=C2NCCC2C1. The van der Waals surface area contributed by atoms with Gasteiger partial charge >= 0.3 is 0 Å². The molecule has 1 heterocycles. The number of hydrogen-bond donors (Lipinski definition) is 1. The Bertz CT molecular complexity index is 167. The lowest BCUT2D eigenvalue weighted by Crippen LogP contribution is -2.07. The molecule has 0 aromatic rings. The molecule has 1 unspecified atom stereocenters. The van der Waals surface area contributed by atoms with E-state index in [1.165, 1.54) is 12.1 Å². The minimum absolute atomic E-state index is 0.773. The van der Waals surface area contributed by atoms with Crippen LogP contribution in [0.15, 0.2) is 17.8 Å². The Labute approximate surface area is 55.5 Å². The Morgan fingerprint density at radius 2 is 2.67 bits per heavy atom. The van der Waals surface area contributed by atoms with Crippen LogP contribution in [0.25, 0.3) is 0 Å². The highest BCUT2D eigenvalue weighted by molar-refractivity contribution is 5.19. The second-order valence-corrected chi connectivity index (χ2v) is 2.61. The molecule has 0 aromatic heterocycles. The van der Waals surface area contributed by atoms with Crippen LogP contribution in [0.1, 0.15) is 12.8 Å². The van der Waals surface area contributed by atoms with Crippen LogP contribution < -0.4 is 5.32 Å². The third kappa shape index (κ3) is 0.766. The predicted molar refractivity (Wildman–Crippen MR) is 36.6 cm³/mol. The van der Waals surface area contributed by atoms with Crippen LogP contribution in [0, 0.1) is 12.0 Å². The molecule has 1 saturated heterocycles. The maximum Gasteiger partial charge on any atom is 0.0150 e. The van der Waals surface area contributed by atoms with Crippen LogP contribution in [0.4, 0.5) is 0 Å². The monoisotopic (exact) mass is 120 g/mol. The first-order chi connectivity index (χ1) is 4.47. The third-order valence-electron chi connectivity index (χ3n) is 2.01. The molecular formula is C8H10N. The van der Waals surface area contributed by atoms with E-state index in [1.54, 1.807) is 0 Å². The highest BCUT2D eigenvalue weighted by atomic mass is 14.9. The average molecular weight is 120 g/mol. The van der Waals surface area contributed by atoms with Crippen molar-refractivity contribution in [2.24, 2.45) is 5.92 Å². The Balaban J connectivity index is 2.23. The number of fused-ring (bicyclic) bond motifs is 1. The maximum atomic E-state index is 3.35. The molecule has 1 nitrogen and oxygen atoms in total. The molecule has 0 aromatic carbocycles. The van der Waals surface area contributed by atoms with Crippen molar-refractivity contribution in [1.29, 1.82) is 0 Å². The molecule has 1 heteroatoms. The van der Waals surface area contributed by atoms with Gasteiger partial charge < -0.3 is 5.32 Å². The molecule has 1 N–H and O–H groups in total. The fourth-order valence-electron chi connectivity index (χ4n) is 1.46. The summed E-state index contributed by atoms with van der Waals surface area (Å²) in [7, 11) is 0. The molecule has 0 spiro atoms. The van der Waals surface area contributed by atoms with E-state index in [2.05, 4.69) is 17.5 Å². The van der Waals surface area contributed by atoms with E-state index in [0.29, 0.717) is 0 Å². The lowest BCUT2D eigenvalue weighted by Gasteiger charge is -2.10. The molecule has 0 amide bonds. The minimum Gasteiger partial charge on any atom is -0.388 e. The van der Waals surface area contributed by atoms with Gasteiger partial charge in [0.1, 0.15) is 0 Å². The van der Waals surface area contributed by atoms with Gasteiger partial charge in [0.2, 0.25) is 0 Å². The zero-order valence-corrected chi connectivity index (χ0v) is 5.35. The highest BCUT2D eigenvalue weighted by Gasteiger charge is 2.19. The van der Waals surface area contributed by atoms with E-state index in [1.807, 2.05) is 6.08 Å². The van der Waals surface area contributed by atoms with Crippen LogP contribution in [0.2, 0.25) is 0 Å². The summed E-state index contributed by atoms with van der Waals surface area (Å²) in [6.45, 7) is 1.16. The molecular weight excluding hydrogens is 110 g/mol. The van der Waals surface area contributed by atoms with Crippen LogP contribution >= 0.6 is 0 Å². The second kappa shape index (κ2) is 1.90. The number of nitrogens with one attached hydrogen (secondary N) is 1. The van der Waals surface area contributed by atoms with Crippen molar-refractivity contribution in [3.05, 3.63) is 23.9 Å². The van der Waals surface area contributed by atoms with Crippen molar-refractivity contribution in [3.63, 3.8) is 0 Å². The Morgan fingerprint density at radius 1 is 1.67 bits per heavy atom. The summed E-state index contributed by atoms with van der Waals surface area (Å²) in [5, 5.41) is 3.35. The Kier molecular flexibility index (Phi) is 1.08. The molecule has 2 aliphatic rings. The number of allylic oxidation sites excluding steroid dienone is 4. The molecule has 1 atom stereocenters. The Hall–Kier alpha value is -0.720. The topological polar surface area (TPSA) is 12.0 Å². The molecule has 1 radical (unpaired) electrons.